The molecule has 3 heterocycles. The molecule has 0 saturated carbocycles. The molecule has 3 aromatic heterocycles. The number of nitrogens with zero attached hydrogens (tertiary/aromatic N) is 6. The van der Waals surface area contributed by atoms with Crippen LogP contribution in [0.15, 0.2) is 250 Å². The molecule has 27 heteroatoms. The smallest absolute Gasteiger partial charge is 0.264 e. The van der Waals surface area contributed by atoms with Crippen LogP contribution in [0.3, 0.4) is 0 Å². The van der Waals surface area contributed by atoms with Gasteiger partial charge < -0.3 is 14.2 Å². The number of halogens is 3. The van der Waals surface area contributed by atoms with E-state index in [0.29, 0.717) is 101 Å². The van der Waals surface area contributed by atoms with Crippen LogP contribution in [-0.4, -0.2) is 92.1 Å². The van der Waals surface area contributed by atoms with E-state index < -0.39 is 47.8 Å². The summed E-state index contributed by atoms with van der Waals surface area (Å²) in [5.41, 5.74) is 21.2. The van der Waals surface area contributed by atoms with E-state index in [9.17, 15) is 39.6 Å². The van der Waals surface area contributed by atoms with Gasteiger partial charge in [-0.1, -0.05) is 151 Å². The summed E-state index contributed by atoms with van der Waals surface area (Å²) in [5, 5.41) is 15.6. The number of ether oxygens (including phenoxy) is 3. The largest absolute Gasteiger partial charge is 0.494 e. The quantitative estimate of drug-likeness (QED) is 0.0341. The summed E-state index contributed by atoms with van der Waals surface area (Å²) in [6.07, 6.45) is 10.7. The first kappa shape index (κ1) is 91.1. The Hall–Kier alpha value is -11.6. The van der Waals surface area contributed by atoms with Crippen LogP contribution in [0.4, 0.5) is 0 Å². The highest BCUT2D eigenvalue weighted by Crippen LogP contribution is 2.46. The van der Waals surface area contributed by atoms with Gasteiger partial charge in [-0.2, -0.15) is 15.3 Å². The number of fused-ring (bicyclic) bond motifs is 3. The van der Waals surface area contributed by atoms with E-state index in [4.69, 9.17) is 49.0 Å². The number of rotatable bonds is 31. The van der Waals surface area contributed by atoms with Crippen molar-refractivity contribution in [1.82, 2.24) is 43.5 Å². The predicted molar refractivity (Wildman–Crippen MR) is 493 cm³/mol. The number of carbonyl (C=O) groups is 3. The van der Waals surface area contributed by atoms with Gasteiger partial charge in [0.25, 0.3) is 47.8 Å². The van der Waals surface area contributed by atoms with E-state index in [-0.39, 0.29) is 20.7 Å². The maximum absolute atomic E-state index is 13.6. The molecule has 12 aromatic rings. The summed E-state index contributed by atoms with van der Waals surface area (Å²) in [6, 6.07) is 59.3. The number of carbonyl (C=O) groups excluding carboxylic acids is 3. The van der Waals surface area contributed by atoms with E-state index >= 15 is 0 Å². The number of aromatic nitrogens is 6. The maximum atomic E-state index is 13.6. The van der Waals surface area contributed by atoms with E-state index in [1.165, 1.54) is 36.4 Å². The third-order valence-corrected chi connectivity index (χ3v) is 28.1. The average molecular weight is 1800 g/mol. The molecule has 3 aliphatic carbocycles. The number of hydrogen-bond donors (Lipinski definition) is 3. The van der Waals surface area contributed by atoms with E-state index in [1.54, 1.807) is 73.2 Å². The summed E-state index contributed by atoms with van der Waals surface area (Å²) < 4.78 is 109. The SMILES string of the molecule is CCCn1nccc1-c1cccc2c1CC(C(=O)NS(=O)(=O)c1ccccc1)=C2CCCOc1cc(C)c(Cl)c(C)c1.CCn1nccc1-c1cccc2c1CC(C(=O)NS(=O)(=O)c1ccccc1)=C2CCCOc1cc(C)c(Cl)c(C)c1.Cc1cc(OCCCC2=C(C(=O)NS(=O)(=O)c3ccccc3)Cc3c2cccc3-c2ccnn2C(C)C)cc(C)c1Cl. The molecule has 648 valence electrons. The molecule has 0 aliphatic heterocycles. The zero-order chi connectivity index (χ0) is 89.0. The van der Waals surface area contributed by atoms with Crippen molar-refractivity contribution < 1.29 is 53.8 Å². The number of nitrogens with one attached hydrogen (secondary N) is 3. The first-order valence-corrected chi connectivity index (χ1v) is 47.2. The molecule has 3 amide bonds. The van der Waals surface area contributed by atoms with Crippen molar-refractivity contribution in [1.29, 1.82) is 0 Å². The Kier molecular flexibility index (Phi) is 29.2. The molecular weight excluding hydrogens is 1700 g/mol. The van der Waals surface area contributed by atoms with Crippen molar-refractivity contribution >= 4 is 99.3 Å². The zero-order valence-corrected chi connectivity index (χ0v) is 76.1. The molecule has 3 aliphatic rings. The third-order valence-electron chi connectivity index (χ3n) is 22.2. The van der Waals surface area contributed by atoms with Gasteiger partial charge in [0.05, 0.1) is 51.6 Å². The van der Waals surface area contributed by atoms with Crippen molar-refractivity contribution in [2.45, 2.75) is 167 Å². The fourth-order valence-corrected chi connectivity index (χ4v) is 19.6. The Morgan fingerprint density at radius 2 is 0.672 bits per heavy atom. The summed E-state index contributed by atoms with van der Waals surface area (Å²) in [4.78, 5) is 41.0. The predicted octanol–water partition coefficient (Wildman–Crippen LogP) is 20.5. The maximum Gasteiger partial charge on any atom is 0.264 e. The monoisotopic (exact) mass is 1800 g/mol. The number of aryl methyl sites for hydroxylation is 8. The van der Waals surface area contributed by atoms with Crippen molar-refractivity contribution in [3.05, 3.63) is 317 Å². The van der Waals surface area contributed by atoms with E-state index in [0.717, 1.165) is 163 Å². The lowest BCUT2D eigenvalue weighted by atomic mass is 9.96. The van der Waals surface area contributed by atoms with Crippen LogP contribution >= 0.6 is 34.8 Å². The van der Waals surface area contributed by atoms with Gasteiger partial charge in [-0.25, -0.2) is 39.4 Å². The molecule has 3 N–H and O–H groups in total. The normalized spacial score (nSPS) is 12.9. The summed E-state index contributed by atoms with van der Waals surface area (Å²) in [7, 11) is -12.1. The molecule has 0 radical (unpaired) electrons. The molecule has 0 unspecified atom stereocenters. The second kappa shape index (κ2) is 40.1. The lowest BCUT2D eigenvalue weighted by molar-refractivity contribution is -0.116. The molecule has 0 saturated heterocycles. The molecule has 15 rings (SSSR count). The van der Waals surface area contributed by atoms with Gasteiger partial charge in [0.1, 0.15) is 17.2 Å². The van der Waals surface area contributed by atoms with Crippen LogP contribution in [0.2, 0.25) is 15.1 Å². The Morgan fingerprint density at radius 1 is 0.384 bits per heavy atom. The fraction of sp³-hybridized carbons (Fsp3) is 0.265. The van der Waals surface area contributed by atoms with Gasteiger partial charge >= 0.3 is 0 Å². The van der Waals surface area contributed by atoms with Crippen LogP contribution < -0.4 is 28.4 Å². The highest BCUT2D eigenvalue weighted by molar-refractivity contribution is 7.90. The number of allylic oxidation sites excluding steroid dienone is 3. The average Bonchev–Trinajstić information content (AvgIpc) is 1.61. The van der Waals surface area contributed by atoms with Crippen molar-refractivity contribution in [2.75, 3.05) is 19.8 Å². The van der Waals surface area contributed by atoms with Gasteiger partial charge in [0, 0.05) is 105 Å². The first-order valence-electron chi connectivity index (χ1n) is 41.6. The number of benzene rings is 9. The molecule has 0 bridgehead atoms. The molecule has 0 fully saturated rings. The summed E-state index contributed by atoms with van der Waals surface area (Å²) in [5.74, 6) is 0.397. The lowest BCUT2D eigenvalue weighted by Gasteiger charge is -2.15. The van der Waals surface area contributed by atoms with Gasteiger partial charge in [0.15, 0.2) is 0 Å². The number of amides is 3. The Labute approximate surface area is 746 Å². The third kappa shape index (κ3) is 21.0. The topological polar surface area (TPSA) is 271 Å². The van der Waals surface area contributed by atoms with Crippen LogP contribution in [-0.2, 0) is 76.8 Å². The summed E-state index contributed by atoms with van der Waals surface area (Å²) >= 11 is 18.9. The minimum absolute atomic E-state index is 0.0412. The van der Waals surface area contributed by atoms with Crippen molar-refractivity contribution in [2.24, 2.45) is 0 Å². The molecule has 21 nitrogen and oxygen atoms in total. The van der Waals surface area contributed by atoms with Crippen molar-refractivity contribution in [3.8, 4) is 51.0 Å². The minimum Gasteiger partial charge on any atom is -0.494 e. The first-order chi connectivity index (χ1) is 59.9. The molecular formula is C98H100Cl3N9O12S3. The summed E-state index contributed by atoms with van der Waals surface area (Å²) in [6.45, 7) is 22.7. The fourth-order valence-electron chi connectivity index (χ4n) is 16.3. The van der Waals surface area contributed by atoms with Crippen LogP contribution in [0.1, 0.15) is 145 Å². The highest BCUT2D eigenvalue weighted by Gasteiger charge is 2.36. The van der Waals surface area contributed by atoms with Gasteiger partial charge in [-0.3, -0.25) is 28.4 Å². The Bertz CT molecular complexity index is 6450. The Morgan fingerprint density at radius 3 is 0.984 bits per heavy atom. The van der Waals surface area contributed by atoms with Gasteiger partial charge in [-0.15, -0.1) is 0 Å². The zero-order valence-electron chi connectivity index (χ0n) is 71.4. The van der Waals surface area contributed by atoms with Gasteiger partial charge in [0.2, 0.25) is 0 Å². The van der Waals surface area contributed by atoms with Crippen LogP contribution in [0.5, 0.6) is 17.2 Å². The van der Waals surface area contributed by atoms with E-state index in [1.807, 2.05) is 172 Å². The van der Waals surface area contributed by atoms with E-state index in [2.05, 4.69) is 50.2 Å². The standard InChI is InChI=1S/2C33H34ClN3O4S.C32H32ClN3O4S/c1-21(2)37-31(15-16-35-37)28-13-8-12-26-27(14-9-17-41-24-18-22(3)32(34)23(4)19-24)30(20-29(26)28)33(38)36-42(39,40)25-10-6-5-7-11-25;1-4-17-37-31(15-16-35-37)28-13-8-12-26-27(14-9-18-41-24-19-22(2)32(34)23(3)20-24)30(21-29(26)28)33(38)36-42(39,40)25-10-6-5-7-11-25;1-4-36-30(15-16-34-36)27-13-8-12-25-26(14-9-17-40-23-18-21(2)31(33)22(3)19-23)29(20-28(25)27)32(37)35-41(38,39)24-10-6-5-7-11-24/h5-8,10-13,15-16,18-19,21H,9,14,17,20H2,1-4H3,(H,36,38);5-8,10-13,15-16,19-20H,4,9,14,17-18,21H2,1-3H3,(H,36,38);5-8,10-13,15-16,18-19H,4,9,14,17,20H2,1-3H3,(H,35,37). The second-order valence-electron chi connectivity index (χ2n) is 31.3. The molecule has 0 atom stereocenters. The highest BCUT2D eigenvalue weighted by atomic mass is 35.5. The van der Waals surface area contributed by atoms with Crippen LogP contribution in [0, 0.1) is 41.5 Å². The second-order valence-corrected chi connectivity index (χ2v) is 37.5. The van der Waals surface area contributed by atoms with Crippen LogP contribution in [0.25, 0.3) is 50.5 Å². The van der Waals surface area contributed by atoms with Crippen molar-refractivity contribution in [3.63, 3.8) is 0 Å². The number of sulfonamides is 3. The molecule has 0 spiro atoms. The molecule has 9 aromatic carbocycles. The minimum atomic E-state index is -4.04. The molecule has 125 heavy (non-hydrogen) atoms. The van der Waals surface area contributed by atoms with Gasteiger partial charge in [-0.05, 0) is 282 Å². The Balaban J connectivity index is 0.000000161. The number of hydrogen-bond acceptors (Lipinski definition) is 15. The lowest BCUT2D eigenvalue weighted by Crippen LogP contribution is -2.32.